The van der Waals surface area contributed by atoms with Gasteiger partial charge in [0.25, 0.3) is 27.8 Å². The molecule has 0 unspecified atom stereocenters. The fourth-order valence-electron chi connectivity index (χ4n) is 20.3. The molecule has 5 aromatic carbocycles. The molecule has 145 heavy (non-hydrogen) atoms. The topological polar surface area (TPSA) is 294 Å². The lowest BCUT2D eigenvalue weighted by molar-refractivity contribution is 0.199. The summed E-state index contributed by atoms with van der Waals surface area (Å²) >= 11 is 0. The van der Waals surface area contributed by atoms with Crippen LogP contribution in [0, 0.1) is 46.3 Å². The van der Waals surface area contributed by atoms with Crippen LogP contribution in [0.1, 0.15) is 82.2 Å². The SMILES string of the molecule is CCN1CCN(c2ccc3cc(-c4ccc5nc(C)oc5c4)cc(=O)n3c2)C[C@@H]1C.COc1ccc(-c2cc(=O)n3cc(N4CCC(N(C)C)CC4)cc(C)c3n2)cc1F.COc1ccc(-c2cc(=O)n3cc(N4CCN[C@@H](C)C4)cc(C)c3n2)cc1F.Cc1nc2ccc(-c3cc(=O)n4cc(N5CCC(N)CC5)ccc4c3)cc2o1.Cc1nc2ccc(-c3cc(=O)n4cc(N5CCN(C)[C@@H](C)C5)ccc4c3)cc2o1. The zero-order valence-corrected chi connectivity index (χ0v) is 84.4. The number of ether oxygens (including phenoxy) is 2. The molecule has 3 N–H and O–H groups in total. The van der Waals surface area contributed by atoms with E-state index in [1.165, 1.54) is 44.6 Å². The number of benzene rings is 5. The average molecular weight is 1960 g/mol. The summed E-state index contributed by atoms with van der Waals surface area (Å²) in [6.45, 7) is 31.7. The molecule has 18 heterocycles. The first-order valence-corrected chi connectivity index (χ1v) is 49.6. The number of piperazine rings is 3. The van der Waals surface area contributed by atoms with Gasteiger partial charge in [-0.25, -0.2) is 33.7 Å². The molecule has 0 saturated carbocycles. The van der Waals surface area contributed by atoms with Crippen molar-refractivity contribution in [2.75, 3.05) is 151 Å². The Balaban J connectivity index is 0.000000115. The van der Waals surface area contributed by atoms with Gasteiger partial charge in [0.05, 0.1) is 54.0 Å². The molecular weight excluding hydrogens is 1840 g/mol. The number of oxazole rings is 3. The number of hydrogen-bond acceptors (Lipinski definition) is 25. The summed E-state index contributed by atoms with van der Waals surface area (Å²) in [5, 5.41) is 3.42. The lowest BCUT2D eigenvalue weighted by Crippen LogP contribution is -2.51. The number of likely N-dealkylation sites (N-methyl/N-ethyl adjacent to an activating group) is 2. The van der Waals surface area contributed by atoms with E-state index in [-0.39, 0.29) is 45.3 Å². The molecule has 0 amide bonds. The summed E-state index contributed by atoms with van der Waals surface area (Å²) in [7, 11) is 9.24. The zero-order chi connectivity index (χ0) is 101. The van der Waals surface area contributed by atoms with E-state index in [0.29, 0.717) is 75.6 Å². The second kappa shape index (κ2) is 42.0. The molecule has 0 bridgehead atoms. The van der Waals surface area contributed by atoms with Crippen LogP contribution in [0.4, 0.5) is 37.2 Å². The van der Waals surface area contributed by atoms with Crippen molar-refractivity contribution in [2.45, 2.75) is 118 Å². The van der Waals surface area contributed by atoms with Crippen LogP contribution in [0.15, 0.2) is 256 Å². The van der Waals surface area contributed by atoms with Crippen molar-refractivity contribution < 1.29 is 31.5 Å². The van der Waals surface area contributed by atoms with Crippen LogP contribution in [-0.4, -0.2) is 219 Å². The number of nitrogens with one attached hydrogen (secondary N) is 1. The normalized spacial score (nSPS) is 16.8. The molecule has 5 aliphatic rings. The highest BCUT2D eigenvalue weighted by Gasteiger charge is 2.29. The minimum Gasteiger partial charge on any atom is -0.494 e. The minimum atomic E-state index is -0.484. The number of rotatable bonds is 14. The van der Waals surface area contributed by atoms with Crippen LogP contribution in [0.2, 0.25) is 0 Å². The molecule has 18 aromatic rings. The van der Waals surface area contributed by atoms with E-state index in [0.717, 1.165) is 240 Å². The van der Waals surface area contributed by atoms with Crippen molar-refractivity contribution in [3.63, 3.8) is 0 Å². The molecule has 748 valence electrons. The molecule has 32 heteroatoms. The van der Waals surface area contributed by atoms with Crippen molar-refractivity contribution in [3.05, 3.63) is 311 Å². The fourth-order valence-corrected chi connectivity index (χ4v) is 20.3. The smallest absolute Gasteiger partial charge is 0.258 e. The number of pyridine rings is 8. The maximum absolute atomic E-state index is 14.1. The first kappa shape index (κ1) is 98.6. The number of fused-ring (bicyclic) bond motifs is 8. The second-order valence-corrected chi connectivity index (χ2v) is 38.9. The fraction of sp³-hybridized carbons (Fsp3) is 0.327. The number of nitrogens with two attached hydrogens (primary N) is 1. The first-order valence-electron chi connectivity index (χ1n) is 49.6. The number of nitrogens with zero attached hydrogens (tertiary/aromatic N) is 18. The monoisotopic (exact) mass is 1960 g/mol. The molecule has 0 radical (unpaired) electrons. The molecule has 30 nitrogen and oxygen atoms in total. The van der Waals surface area contributed by atoms with Crippen molar-refractivity contribution in [2.24, 2.45) is 5.73 Å². The van der Waals surface area contributed by atoms with E-state index >= 15 is 0 Å². The van der Waals surface area contributed by atoms with Gasteiger partial charge in [0, 0.05) is 225 Å². The van der Waals surface area contributed by atoms with Gasteiger partial charge in [-0.2, -0.15) is 0 Å². The van der Waals surface area contributed by atoms with Crippen molar-refractivity contribution in [1.29, 1.82) is 0 Å². The Hall–Kier alpha value is -15.2. The molecule has 5 fully saturated rings. The van der Waals surface area contributed by atoms with Crippen molar-refractivity contribution >= 4 is 89.6 Å². The van der Waals surface area contributed by atoms with Gasteiger partial charge >= 0.3 is 0 Å². The van der Waals surface area contributed by atoms with Gasteiger partial charge in [-0.15, -0.1) is 0 Å². The van der Waals surface area contributed by atoms with Gasteiger partial charge in [-0.3, -0.25) is 50.9 Å². The number of halogens is 2. The molecular formula is C113H122F2N20O10. The number of aryl methyl sites for hydroxylation is 5. The van der Waals surface area contributed by atoms with Gasteiger partial charge in [-0.1, -0.05) is 25.1 Å². The molecule has 5 aliphatic heterocycles. The van der Waals surface area contributed by atoms with Gasteiger partial charge in [0.2, 0.25) is 0 Å². The number of aromatic nitrogens is 10. The number of piperidine rings is 2. The average Bonchev–Trinajstić information content (AvgIpc) is 1.47. The first-order chi connectivity index (χ1) is 69.9. The molecule has 0 aliphatic carbocycles. The van der Waals surface area contributed by atoms with Crippen molar-refractivity contribution in [3.8, 4) is 67.4 Å². The summed E-state index contributed by atoms with van der Waals surface area (Å²) in [5.74, 6) is 1.27. The molecule has 5 saturated heterocycles. The Labute approximate surface area is 837 Å². The number of anilines is 5. The van der Waals surface area contributed by atoms with Crippen LogP contribution in [0.3, 0.4) is 0 Å². The predicted molar refractivity (Wildman–Crippen MR) is 572 cm³/mol. The lowest BCUT2D eigenvalue weighted by Gasteiger charge is -2.40. The molecule has 3 atom stereocenters. The summed E-state index contributed by atoms with van der Waals surface area (Å²) < 4.78 is 63.4. The van der Waals surface area contributed by atoms with Gasteiger partial charge in [-0.05, 0) is 272 Å². The number of hydrogen-bond donors (Lipinski definition) is 2. The highest BCUT2D eigenvalue weighted by Crippen LogP contribution is 2.36. The summed E-state index contributed by atoms with van der Waals surface area (Å²) in [6, 6.07) is 59.6. The Kier molecular flexibility index (Phi) is 28.5. The maximum atomic E-state index is 14.1. The second-order valence-electron chi connectivity index (χ2n) is 38.9. The van der Waals surface area contributed by atoms with Crippen LogP contribution in [-0.2, 0) is 0 Å². The Bertz CT molecular complexity index is 8230. The van der Waals surface area contributed by atoms with Crippen LogP contribution >= 0.6 is 0 Å². The van der Waals surface area contributed by atoms with E-state index in [2.05, 4.69) is 149 Å². The Morgan fingerprint density at radius 3 is 1.17 bits per heavy atom. The largest absolute Gasteiger partial charge is 0.494 e. The number of methoxy groups -OCH3 is 2. The quantitative estimate of drug-likeness (QED) is 0.102. The van der Waals surface area contributed by atoms with Gasteiger partial charge in [0.15, 0.2) is 57.6 Å². The van der Waals surface area contributed by atoms with E-state index in [1.807, 2.05) is 157 Å². The predicted octanol–water partition coefficient (Wildman–Crippen LogP) is 16.8. The van der Waals surface area contributed by atoms with Gasteiger partial charge < -0.3 is 68.1 Å². The molecule has 13 aromatic heterocycles. The van der Waals surface area contributed by atoms with Crippen LogP contribution in [0.25, 0.3) is 117 Å². The molecule has 0 spiro atoms. The third-order valence-electron chi connectivity index (χ3n) is 28.7. The minimum absolute atomic E-state index is 0.0292. The molecule has 23 rings (SSSR count). The standard InChI is InChI=1S/C24H26N4O2.C23H27FN4O2.C23H24N4O2.C22H22N4O2.C21H23FN4O2/c1-4-26-9-10-27(14-16(26)2)21-7-6-20-11-19(13-24(29)28(20)15-21)18-5-8-22-23(12-18)30-17(3)25-22;1-15-11-18(27-9-7-17(8-10-27)26(2)3)14-28-22(29)13-20(25-23(15)28)16-5-6-21(30-4)19(24)12-16;1-15-13-26(9-8-25(15)3)20-6-5-19-10-18(12-23(28)27(19)14-20)17-4-7-21-22(11-17)29-16(2)24-21;1-14-24-20-5-2-15(11-21(20)28-14)16-10-18-3-4-19(13-26(18)22(27)12-16)25-8-6-17(23)7-9-25;1-13-8-16(25-7-6-23-14(2)11-25)12-26-20(27)10-18(24-21(13)26)15-4-5-19(28-3)17(22)9-15/h5-8,11-13,15-16H,4,9-10,14H2,1-3H3;5-6,11-14,17H,7-10H2,1-4H3;4-7,10-12,14-15H,8-9,13H2,1-3H3;2-5,10-13,17H,6-9,23H2,1H3;4-5,8-10,12,14,23H,6-7,11H2,1-3H3/t16-;;15-;;14-/m0.0.0/s1. The Morgan fingerprint density at radius 2 is 0.772 bits per heavy atom. The Morgan fingerprint density at radius 1 is 0.393 bits per heavy atom. The van der Waals surface area contributed by atoms with Crippen LogP contribution in [0.5, 0.6) is 11.5 Å². The maximum Gasteiger partial charge on any atom is 0.258 e. The van der Waals surface area contributed by atoms with E-state index < -0.39 is 11.6 Å². The highest BCUT2D eigenvalue weighted by atomic mass is 19.1. The third-order valence-corrected chi connectivity index (χ3v) is 28.7. The third kappa shape index (κ3) is 21.4. The summed E-state index contributed by atoms with van der Waals surface area (Å²) in [4.78, 5) is 105. The lowest BCUT2D eigenvalue weighted by atomic mass is 10.0. The summed E-state index contributed by atoms with van der Waals surface area (Å²) in [6.07, 6.45) is 13.7. The van der Waals surface area contributed by atoms with E-state index in [1.54, 1.807) is 58.4 Å². The van der Waals surface area contributed by atoms with E-state index in [4.69, 9.17) is 28.5 Å². The van der Waals surface area contributed by atoms with Gasteiger partial charge in [0.1, 0.15) is 27.8 Å². The van der Waals surface area contributed by atoms with Crippen molar-refractivity contribution in [1.82, 2.24) is 66.9 Å². The summed E-state index contributed by atoms with van der Waals surface area (Å²) in [5.41, 5.74) is 28.6. The highest BCUT2D eigenvalue weighted by molar-refractivity contribution is 5.85. The zero-order valence-electron chi connectivity index (χ0n) is 84.4. The van der Waals surface area contributed by atoms with Crippen LogP contribution < -0.4 is 72.8 Å². The van der Waals surface area contributed by atoms with E-state index in [9.17, 15) is 32.8 Å².